The maximum atomic E-state index is 10.3. The van der Waals surface area contributed by atoms with Gasteiger partial charge < -0.3 is 9.53 Å². The highest BCUT2D eigenvalue weighted by Crippen LogP contribution is 2.41. The van der Waals surface area contributed by atoms with Crippen LogP contribution in [0.4, 0.5) is 0 Å². The van der Waals surface area contributed by atoms with Crippen LogP contribution in [-0.2, 0) is 4.43 Å². The van der Waals surface area contributed by atoms with Gasteiger partial charge in [-0.3, -0.25) is 0 Å². The molecule has 0 aromatic heterocycles. The second kappa shape index (κ2) is 5.70. The van der Waals surface area contributed by atoms with Crippen LogP contribution in [0.2, 0.25) is 18.1 Å². The van der Waals surface area contributed by atoms with Gasteiger partial charge in [-0.05, 0) is 31.5 Å². The Morgan fingerprint density at radius 3 is 2.26 bits per heavy atom. The summed E-state index contributed by atoms with van der Waals surface area (Å²) in [6, 6.07) is 0. The van der Waals surface area contributed by atoms with Crippen molar-refractivity contribution >= 4 is 8.32 Å². The van der Waals surface area contributed by atoms with Crippen molar-refractivity contribution in [3.05, 3.63) is 11.6 Å². The average Bonchev–Trinajstić information content (AvgIpc) is 2.35. The van der Waals surface area contributed by atoms with E-state index in [4.69, 9.17) is 4.43 Å². The third kappa shape index (κ3) is 3.70. The van der Waals surface area contributed by atoms with Gasteiger partial charge in [-0.1, -0.05) is 46.3 Å². The SMILES string of the molecule is CC1=CC[C@@H](O)[C@H](C)[C@H](O[Si](C)(C)C(C)(C)C)[C@@H]1C. The molecule has 1 aliphatic rings. The Balaban J connectivity index is 2.99. The molecular formula is C16H32O2Si. The minimum absolute atomic E-state index is 0.134. The van der Waals surface area contributed by atoms with Crippen molar-refractivity contribution in [1.29, 1.82) is 0 Å². The van der Waals surface area contributed by atoms with E-state index in [0.717, 1.165) is 6.42 Å². The number of hydrogen-bond donors (Lipinski definition) is 1. The highest BCUT2D eigenvalue weighted by atomic mass is 28.4. The first-order valence-corrected chi connectivity index (χ1v) is 10.4. The Bertz CT molecular complexity index is 341. The molecule has 19 heavy (non-hydrogen) atoms. The topological polar surface area (TPSA) is 29.5 Å². The first-order chi connectivity index (χ1) is 8.47. The van der Waals surface area contributed by atoms with Crippen molar-refractivity contribution in [2.75, 3.05) is 0 Å². The zero-order valence-corrected chi connectivity index (χ0v) is 14.9. The van der Waals surface area contributed by atoms with Crippen LogP contribution in [-0.4, -0.2) is 25.6 Å². The van der Waals surface area contributed by atoms with Gasteiger partial charge in [0.15, 0.2) is 8.32 Å². The monoisotopic (exact) mass is 284 g/mol. The minimum Gasteiger partial charge on any atom is -0.413 e. The molecule has 2 nitrogen and oxygen atoms in total. The van der Waals surface area contributed by atoms with Crippen molar-refractivity contribution in [3.8, 4) is 0 Å². The van der Waals surface area contributed by atoms with Gasteiger partial charge in [0.25, 0.3) is 0 Å². The zero-order valence-electron chi connectivity index (χ0n) is 13.9. The summed E-state index contributed by atoms with van der Waals surface area (Å²) < 4.78 is 6.63. The van der Waals surface area contributed by atoms with Gasteiger partial charge >= 0.3 is 0 Å². The van der Waals surface area contributed by atoms with Crippen LogP contribution in [0.3, 0.4) is 0 Å². The second-order valence-electron chi connectivity index (χ2n) is 7.74. The fourth-order valence-corrected chi connectivity index (χ4v) is 3.82. The summed E-state index contributed by atoms with van der Waals surface area (Å²) >= 11 is 0. The van der Waals surface area contributed by atoms with E-state index in [0.29, 0.717) is 5.92 Å². The molecule has 0 fully saturated rings. The first kappa shape index (κ1) is 16.9. The Hall–Kier alpha value is -0.123. The highest BCUT2D eigenvalue weighted by molar-refractivity contribution is 6.74. The lowest BCUT2D eigenvalue weighted by Gasteiger charge is -2.43. The van der Waals surface area contributed by atoms with Gasteiger partial charge in [-0.2, -0.15) is 0 Å². The summed E-state index contributed by atoms with van der Waals surface area (Å²) in [7, 11) is -1.80. The van der Waals surface area contributed by atoms with E-state index in [1.165, 1.54) is 5.57 Å². The lowest BCUT2D eigenvalue weighted by Crippen LogP contribution is -2.48. The summed E-state index contributed by atoms with van der Waals surface area (Å²) in [5, 5.41) is 10.5. The third-order valence-corrected chi connectivity index (χ3v) is 9.73. The van der Waals surface area contributed by atoms with Gasteiger partial charge in [-0.15, -0.1) is 0 Å². The fourth-order valence-electron chi connectivity index (χ4n) is 2.37. The molecule has 0 unspecified atom stereocenters. The quantitative estimate of drug-likeness (QED) is 0.603. The zero-order chi connectivity index (χ0) is 15.0. The lowest BCUT2D eigenvalue weighted by atomic mass is 9.88. The fraction of sp³-hybridized carbons (Fsp3) is 0.875. The van der Waals surface area contributed by atoms with Crippen LogP contribution in [0, 0.1) is 11.8 Å². The summed E-state index contributed by atoms with van der Waals surface area (Å²) in [5.41, 5.74) is 1.35. The predicted octanol–water partition coefficient (Wildman–Crippen LogP) is 4.36. The van der Waals surface area contributed by atoms with E-state index in [1.54, 1.807) is 0 Å². The molecule has 0 aromatic carbocycles. The van der Waals surface area contributed by atoms with Crippen LogP contribution in [0.1, 0.15) is 48.0 Å². The van der Waals surface area contributed by atoms with E-state index in [2.05, 4.69) is 60.7 Å². The van der Waals surface area contributed by atoms with E-state index >= 15 is 0 Å². The molecule has 0 heterocycles. The molecule has 4 atom stereocenters. The van der Waals surface area contributed by atoms with Crippen molar-refractivity contribution in [2.45, 2.75) is 78.3 Å². The highest BCUT2D eigenvalue weighted by Gasteiger charge is 2.43. The molecule has 0 aromatic rings. The molecule has 0 saturated heterocycles. The van der Waals surface area contributed by atoms with E-state index in [1.807, 2.05) is 0 Å². The van der Waals surface area contributed by atoms with Gasteiger partial charge in [0, 0.05) is 11.8 Å². The summed E-state index contributed by atoms with van der Waals surface area (Å²) in [4.78, 5) is 0. The van der Waals surface area contributed by atoms with Crippen molar-refractivity contribution in [2.24, 2.45) is 11.8 Å². The van der Waals surface area contributed by atoms with Crippen LogP contribution in [0.15, 0.2) is 11.6 Å². The standard InChI is InChI=1S/C16H32O2Si/c1-11-9-10-14(17)13(3)15(12(11)2)18-19(7,8)16(4,5)6/h9,12-15,17H,10H2,1-8H3/t12-,13+,14-,15-/m1/s1. The molecule has 1 rings (SSSR count). The molecule has 0 radical (unpaired) electrons. The number of hydrogen-bond acceptors (Lipinski definition) is 2. The molecule has 1 aliphatic carbocycles. The Morgan fingerprint density at radius 2 is 1.79 bits per heavy atom. The van der Waals surface area contributed by atoms with Gasteiger partial charge in [0.05, 0.1) is 12.2 Å². The van der Waals surface area contributed by atoms with Crippen molar-refractivity contribution in [1.82, 2.24) is 0 Å². The molecule has 112 valence electrons. The Morgan fingerprint density at radius 1 is 1.26 bits per heavy atom. The van der Waals surface area contributed by atoms with E-state index < -0.39 is 8.32 Å². The molecule has 0 aliphatic heterocycles. The van der Waals surface area contributed by atoms with Crippen LogP contribution < -0.4 is 0 Å². The molecule has 3 heteroatoms. The molecule has 0 amide bonds. The maximum Gasteiger partial charge on any atom is 0.192 e. The third-order valence-electron chi connectivity index (χ3n) is 5.25. The smallest absolute Gasteiger partial charge is 0.192 e. The van der Waals surface area contributed by atoms with Crippen LogP contribution in [0.25, 0.3) is 0 Å². The average molecular weight is 285 g/mol. The summed E-state index contributed by atoms with van der Waals surface area (Å²) in [6.45, 7) is 17.9. The normalized spacial score (nSPS) is 33.8. The Kier molecular flexibility index (Phi) is 5.08. The molecule has 0 bridgehead atoms. The molecule has 0 saturated carbocycles. The van der Waals surface area contributed by atoms with E-state index in [9.17, 15) is 5.11 Å². The molecule has 0 spiro atoms. The molecular weight excluding hydrogens is 252 g/mol. The predicted molar refractivity (Wildman–Crippen MR) is 84.8 cm³/mol. The van der Waals surface area contributed by atoms with Gasteiger partial charge in [-0.25, -0.2) is 0 Å². The largest absolute Gasteiger partial charge is 0.413 e. The maximum absolute atomic E-state index is 10.3. The lowest BCUT2D eigenvalue weighted by molar-refractivity contribution is 0.0157. The summed E-state index contributed by atoms with van der Waals surface area (Å²) in [5.74, 6) is 0.582. The number of aliphatic hydroxyl groups is 1. The number of aliphatic hydroxyl groups excluding tert-OH is 1. The van der Waals surface area contributed by atoms with Crippen LogP contribution >= 0.6 is 0 Å². The molecule has 1 N–H and O–H groups in total. The first-order valence-electron chi connectivity index (χ1n) is 7.50. The van der Waals surface area contributed by atoms with Crippen molar-refractivity contribution < 1.29 is 9.53 Å². The van der Waals surface area contributed by atoms with Gasteiger partial charge in [0.2, 0.25) is 0 Å². The van der Waals surface area contributed by atoms with E-state index in [-0.39, 0.29) is 23.2 Å². The number of rotatable bonds is 2. The minimum atomic E-state index is -1.80. The second-order valence-corrected chi connectivity index (χ2v) is 12.5. The van der Waals surface area contributed by atoms with Crippen LogP contribution in [0.5, 0.6) is 0 Å². The summed E-state index contributed by atoms with van der Waals surface area (Å²) in [6.07, 6.45) is 2.79. The van der Waals surface area contributed by atoms with Crippen molar-refractivity contribution in [3.63, 3.8) is 0 Å². The van der Waals surface area contributed by atoms with Gasteiger partial charge in [0.1, 0.15) is 0 Å². The Labute approximate surface area is 120 Å².